The predicted octanol–water partition coefficient (Wildman–Crippen LogP) is 5.51. The van der Waals surface area contributed by atoms with E-state index in [1.165, 1.54) is 18.4 Å². The molecular weight excluding hydrogens is 426 g/mol. The lowest BCUT2D eigenvalue weighted by Crippen LogP contribution is -2.23. The lowest BCUT2D eigenvalue weighted by atomic mass is 9.82. The average Bonchev–Trinajstić information content (AvgIpc) is 3.14. The highest BCUT2D eigenvalue weighted by molar-refractivity contribution is 7.19. The van der Waals surface area contributed by atoms with Crippen LogP contribution in [0.25, 0.3) is 10.4 Å². The van der Waals surface area contributed by atoms with E-state index in [0.717, 1.165) is 10.6 Å². The van der Waals surface area contributed by atoms with E-state index in [2.05, 4.69) is 15.3 Å². The number of nitrogens with zero attached hydrogens (tertiary/aromatic N) is 3. The van der Waals surface area contributed by atoms with Gasteiger partial charge in [-0.3, -0.25) is 4.79 Å². The van der Waals surface area contributed by atoms with Crippen LogP contribution in [0.4, 0.5) is 16.4 Å². The SMILES string of the molecule is COC(=O)C1=C(C)Nc2sc(C(=O)c3ccc(N=[N+]=[N-])cc3)c(N)c2C1c1ccccc1. The van der Waals surface area contributed by atoms with Crippen LogP contribution in [0.5, 0.6) is 0 Å². The van der Waals surface area contributed by atoms with Gasteiger partial charge < -0.3 is 15.8 Å². The summed E-state index contributed by atoms with van der Waals surface area (Å²) >= 11 is 1.25. The number of nitrogens with one attached hydrogen (secondary N) is 1. The molecule has 3 aromatic rings. The number of ketones is 1. The number of carbonyl (C=O) groups excluding carboxylic acids is 2. The zero-order valence-corrected chi connectivity index (χ0v) is 18.1. The monoisotopic (exact) mass is 445 g/mol. The Morgan fingerprint density at radius 2 is 1.84 bits per heavy atom. The molecule has 2 heterocycles. The number of nitrogen functional groups attached to an aromatic ring is 1. The summed E-state index contributed by atoms with van der Waals surface area (Å²) in [6.07, 6.45) is 0. The van der Waals surface area contributed by atoms with Crippen LogP contribution in [0.3, 0.4) is 0 Å². The zero-order valence-electron chi connectivity index (χ0n) is 17.3. The fourth-order valence-electron chi connectivity index (χ4n) is 3.83. The molecule has 0 spiro atoms. The molecule has 0 aliphatic carbocycles. The number of ether oxygens (including phenoxy) is 1. The van der Waals surface area contributed by atoms with Gasteiger partial charge in [0.1, 0.15) is 4.88 Å². The van der Waals surface area contributed by atoms with Crippen LogP contribution >= 0.6 is 11.3 Å². The van der Waals surface area contributed by atoms with Gasteiger partial charge in [0, 0.05) is 33.3 Å². The predicted molar refractivity (Wildman–Crippen MR) is 124 cm³/mol. The van der Waals surface area contributed by atoms with Crippen LogP contribution in [0.2, 0.25) is 0 Å². The number of methoxy groups -OCH3 is 1. The Bertz CT molecular complexity index is 1290. The molecule has 1 aliphatic heterocycles. The van der Waals surface area contributed by atoms with Gasteiger partial charge in [0.15, 0.2) is 0 Å². The van der Waals surface area contributed by atoms with Crippen LogP contribution in [0, 0.1) is 0 Å². The van der Waals surface area contributed by atoms with Gasteiger partial charge in [-0.25, -0.2) is 4.79 Å². The van der Waals surface area contributed by atoms with Crippen molar-refractivity contribution in [2.45, 2.75) is 12.8 Å². The molecule has 4 rings (SSSR count). The second-order valence-electron chi connectivity index (χ2n) is 7.15. The third-order valence-electron chi connectivity index (χ3n) is 5.30. The van der Waals surface area contributed by atoms with Gasteiger partial charge in [0.05, 0.1) is 23.4 Å². The molecule has 32 heavy (non-hydrogen) atoms. The zero-order chi connectivity index (χ0) is 22.8. The van der Waals surface area contributed by atoms with Crippen LogP contribution in [0.1, 0.15) is 39.2 Å². The van der Waals surface area contributed by atoms with Crippen LogP contribution in [-0.2, 0) is 9.53 Å². The smallest absolute Gasteiger partial charge is 0.336 e. The molecule has 0 fully saturated rings. The summed E-state index contributed by atoms with van der Waals surface area (Å²) in [6.45, 7) is 1.80. The summed E-state index contributed by atoms with van der Waals surface area (Å²) in [5, 5.41) is 7.47. The van der Waals surface area contributed by atoms with E-state index in [9.17, 15) is 9.59 Å². The molecular formula is C23H19N5O3S. The van der Waals surface area contributed by atoms with E-state index < -0.39 is 11.9 Å². The Labute approximate surface area is 188 Å². The number of azide groups is 1. The Morgan fingerprint density at radius 3 is 2.47 bits per heavy atom. The molecule has 2 aromatic carbocycles. The highest BCUT2D eigenvalue weighted by Gasteiger charge is 2.37. The maximum Gasteiger partial charge on any atom is 0.336 e. The minimum Gasteiger partial charge on any atom is -0.466 e. The Morgan fingerprint density at radius 1 is 1.16 bits per heavy atom. The standard InChI is InChI=1S/C23H19N5O3S/c1-12-16(23(30)31-2)17(13-6-4-3-5-7-13)18-19(24)21(32-22(18)26-12)20(29)14-8-10-15(11-9-14)27-28-25/h3-11,17,26H,24H2,1-2H3. The molecule has 160 valence electrons. The van der Waals surface area contributed by atoms with E-state index in [0.29, 0.717) is 38.6 Å². The molecule has 0 saturated carbocycles. The van der Waals surface area contributed by atoms with Crippen LogP contribution < -0.4 is 11.1 Å². The first kappa shape index (κ1) is 21.2. The second kappa shape index (κ2) is 8.58. The largest absolute Gasteiger partial charge is 0.466 e. The van der Waals surface area contributed by atoms with Crippen molar-refractivity contribution in [2.24, 2.45) is 5.11 Å². The van der Waals surface area contributed by atoms with E-state index in [1.54, 1.807) is 31.2 Å². The lowest BCUT2D eigenvalue weighted by molar-refractivity contribution is -0.136. The first-order valence-electron chi connectivity index (χ1n) is 9.69. The number of rotatable bonds is 5. The normalized spacial score (nSPS) is 14.8. The molecule has 0 bridgehead atoms. The minimum absolute atomic E-state index is 0.250. The lowest BCUT2D eigenvalue weighted by Gasteiger charge is -2.28. The van der Waals surface area contributed by atoms with Crippen molar-refractivity contribution in [1.82, 2.24) is 0 Å². The number of allylic oxidation sites excluding steroid dienone is 1. The van der Waals surface area contributed by atoms with E-state index in [1.807, 2.05) is 30.3 Å². The summed E-state index contributed by atoms with van der Waals surface area (Å²) in [5.74, 6) is -1.17. The number of anilines is 2. The summed E-state index contributed by atoms with van der Waals surface area (Å²) in [5.41, 5.74) is 18.9. The van der Waals surface area contributed by atoms with E-state index in [4.69, 9.17) is 16.0 Å². The van der Waals surface area contributed by atoms with Gasteiger partial charge in [-0.05, 0) is 18.0 Å². The number of benzene rings is 2. The summed E-state index contributed by atoms with van der Waals surface area (Å²) in [6, 6.07) is 15.8. The van der Waals surface area contributed by atoms with Gasteiger partial charge in [-0.15, -0.1) is 11.3 Å². The topological polar surface area (TPSA) is 130 Å². The number of esters is 1. The molecule has 1 aliphatic rings. The van der Waals surface area contributed by atoms with Gasteiger partial charge in [-0.1, -0.05) is 59.7 Å². The summed E-state index contributed by atoms with van der Waals surface area (Å²) < 4.78 is 5.05. The molecule has 1 aromatic heterocycles. The fraction of sp³-hybridized carbons (Fsp3) is 0.130. The van der Waals surface area contributed by atoms with Crippen molar-refractivity contribution >= 4 is 39.5 Å². The molecule has 0 radical (unpaired) electrons. The number of thiophene rings is 1. The molecule has 1 atom stereocenters. The first-order chi connectivity index (χ1) is 15.5. The number of hydrogen-bond donors (Lipinski definition) is 2. The number of carbonyl (C=O) groups is 2. The second-order valence-corrected chi connectivity index (χ2v) is 8.17. The summed E-state index contributed by atoms with van der Waals surface area (Å²) in [4.78, 5) is 29.0. The Kier molecular flexibility index (Phi) is 5.68. The third-order valence-corrected chi connectivity index (χ3v) is 6.44. The fourth-order valence-corrected chi connectivity index (χ4v) is 5.00. The van der Waals surface area contributed by atoms with Crippen molar-refractivity contribution in [3.05, 3.63) is 97.9 Å². The van der Waals surface area contributed by atoms with Gasteiger partial charge >= 0.3 is 5.97 Å². The highest BCUT2D eigenvalue weighted by Crippen LogP contribution is 2.50. The van der Waals surface area contributed by atoms with Crippen molar-refractivity contribution < 1.29 is 14.3 Å². The minimum atomic E-state index is -0.468. The van der Waals surface area contributed by atoms with Crippen molar-refractivity contribution in [3.8, 4) is 0 Å². The van der Waals surface area contributed by atoms with Crippen LogP contribution in [-0.4, -0.2) is 18.9 Å². The quantitative estimate of drug-likeness (QED) is 0.176. The number of hydrogen-bond acceptors (Lipinski definition) is 7. The summed E-state index contributed by atoms with van der Waals surface area (Å²) in [7, 11) is 1.34. The highest BCUT2D eigenvalue weighted by atomic mass is 32.1. The van der Waals surface area contributed by atoms with Gasteiger partial charge in [0.25, 0.3) is 0 Å². The third kappa shape index (κ3) is 3.60. The molecule has 9 heteroatoms. The maximum atomic E-state index is 13.2. The van der Waals surface area contributed by atoms with Crippen molar-refractivity contribution in [1.29, 1.82) is 0 Å². The average molecular weight is 446 g/mol. The van der Waals surface area contributed by atoms with E-state index >= 15 is 0 Å². The van der Waals surface area contributed by atoms with Crippen molar-refractivity contribution in [2.75, 3.05) is 18.2 Å². The number of nitrogens with two attached hydrogens (primary N) is 1. The van der Waals surface area contributed by atoms with Gasteiger partial charge in [-0.2, -0.15) is 0 Å². The molecule has 0 saturated heterocycles. The molecule has 0 amide bonds. The van der Waals surface area contributed by atoms with Gasteiger partial charge in [0.2, 0.25) is 5.78 Å². The van der Waals surface area contributed by atoms with Crippen LogP contribution in [0.15, 0.2) is 71.0 Å². The Balaban J connectivity index is 1.83. The Hall–Kier alpha value is -4.07. The molecule has 8 nitrogen and oxygen atoms in total. The van der Waals surface area contributed by atoms with E-state index in [-0.39, 0.29) is 5.78 Å². The van der Waals surface area contributed by atoms with Crippen molar-refractivity contribution in [3.63, 3.8) is 0 Å². The number of fused-ring (bicyclic) bond motifs is 1. The molecule has 3 N–H and O–H groups in total. The first-order valence-corrected chi connectivity index (χ1v) is 10.5. The molecule has 1 unspecified atom stereocenters. The maximum absolute atomic E-state index is 13.2.